The number of hydrogen-bond donors (Lipinski definition) is 2. The van der Waals surface area contributed by atoms with Gasteiger partial charge in [0.25, 0.3) is 5.91 Å². The van der Waals surface area contributed by atoms with Crippen LogP contribution in [0.5, 0.6) is 0 Å². The summed E-state index contributed by atoms with van der Waals surface area (Å²) in [7, 11) is 0. The van der Waals surface area contributed by atoms with Gasteiger partial charge in [-0.2, -0.15) is 5.26 Å². The number of anilines is 1. The van der Waals surface area contributed by atoms with E-state index in [1.165, 1.54) is 18.0 Å². The van der Waals surface area contributed by atoms with Gasteiger partial charge in [-0.3, -0.25) is 4.79 Å². The monoisotopic (exact) mass is 295 g/mol. The minimum absolute atomic E-state index is 0.00443. The molecule has 2 rings (SSSR count). The zero-order valence-corrected chi connectivity index (χ0v) is 12.5. The highest BCUT2D eigenvalue weighted by atomic mass is 16.3. The number of carbonyl (C=O) groups excluding carboxylic acids is 1. The molecule has 0 spiro atoms. The molecule has 0 aliphatic carbocycles. The summed E-state index contributed by atoms with van der Waals surface area (Å²) in [4.78, 5) is 11.9. The number of hydrogen-bond acceptors (Lipinski definition) is 4. The van der Waals surface area contributed by atoms with E-state index in [0.717, 1.165) is 11.3 Å². The molecule has 22 heavy (non-hydrogen) atoms. The summed E-state index contributed by atoms with van der Waals surface area (Å²) in [5, 5.41) is 14.7. The lowest BCUT2D eigenvalue weighted by Crippen LogP contribution is -2.24. The Labute approximate surface area is 129 Å². The molecular weight excluding hydrogens is 278 g/mol. The van der Waals surface area contributed by atoms with Crippen LogP contribution in [0.2, 0.25) is 0 Å². The molecule has 0 saturated carbocycles. The maximum absolute atomic E-state index is 11.9. The minimum Gasteiger partial charge on any atom is -0.467 e. The predicted octanol–water partition coefficient (Wildman–Crippen LogP) is 3.03. The lowest BCUT2D eigenvalue weighted by atomic mass is 10.1. The van der Waals surface area contributed by atoms with E-state index in [0.29, 0.717) is 5.76 Å². The first-order chi connectivity index (χ1) is 10.6. The van der Waals surface area contributed by atoms with Crippen LogP contribution in [0.1, 0.15) is 16.9 Å². The third-order valence-corrected chi connectivity index (χ3v) is 3.26. The molecule has 5 heteroatoms. The molecule has 1 amide bonds. The topological polar surface area (TPSA) is 78.1 Å². The third kappa shape index (κ3) is 4.00. The fourth-order valence-corrected chi connectivity index (χ4v) is 1.81. The van der Waals surface area contributed by atoms with E-state index >= 15 is 0 Å². The molecule has 112 valence electrons. The Morgan fingerprint density at radius 3 is 2.77 bits per heavy atom. The predicted molar refractivity (Wildman–Crippen MR) is 83.8 cm³/mol. The molecule has 0 aliphatic rings. The van der Waals surface area contributed by atoms with Crippen LogP contribution in [-0.2, 0) is 11.3 Å². The van der Waals surface area contributed by atoms with Crippen LogP contribution in [0.4, 0.5) is 5.69 Å². The molecule has 1 aromatic carbocycles. The maximum Gasteiger partial charge on any atom is 0.263 e. The fraction of sp³-hybridized carbons (Fsp3) is 0.176. The normalized spacial score (nSPS) is 10.9. The first-order valence-electron chi connectivity index (χ1n) is 6.85. The van der Waals surface area contributed by atoms with Crippen molar-refractivity contribution in [2.24, 2.45) is 0 Å². The zero-order chi connectivity index (χ0) is 15.9. The van der Waals surface area contributed by atoms with E-state index in [4.69, 9.17) is 9.68 Å². The second kappa shape index (κ2) is 7.14. The van der Waals surface area contributed by atoms with Crippen LogP contribution in [-0.4, -0.2) is 5.91 Å². The van der Waals surface area contributed by atoms with Crippen LogP contribution in [0.15, 0.2) is 52.8 Å². The second-order valence-corrected chi connectivity index (χ2v) is 4.88. The number of benzene rings is 1. The Morgan fingerprint density at radius 1 is 1.32 bits per heavy atom. The summed E-state index contributed by atoms with van der Waals surface area (Å²) >= 11 is 0. The van der Waals surface area contributed by atoms with Crippen LogP contribution < -0.4 is 10.6 Å². The van der Waals surface area contributed by atoms with Gasteiger partial charge in [-0.1, -0.05) is 6.07 Å². The van der Waals surface area contributed by atoms with Gasteiger partial charge >= 0.3 is 0 Å². The van der Waals surface area contributed by atoms with Crippen molar-refractivity contribution in [3.8, 4) is 6.07 Å². The van der Waals surface area contributed by atoms with Gasteiger partial charge in [-0.15, -0.1) is 0 Å². The summed E-state index contributed by atoms with van der Waals surface area (Å²) in [5.74, 6) is 0.183. The van der Waals surface area contributed by atoms with Gasteiger partial charge in [0, 0.05) is 11.9 Å². The SMILES string of the molecule is Cc1ccc(N/C=C(/C#N)C(=O)NCc2ccco2)cc1C. The molecule has 0 radical (unpaired) electrons. The number of furan rings is 1. The first kappa shape index (κ1) is 15.4. The van der Waals surface area contributed by atoms with Crippen LogP contribution in [0.25, 0.3) is 0 Å². The molecule has 0 aliphatic heterocycles. The third-order valence-electron chi connectivity index (χ3n) is 3.26. The quantitative estimate of drug-likeness (QED) is 0.656. The highest BCUT2D eigenvalue weighted by Gasteiger charge is 2.09. The van der Waals surface area contributed by atoms with Crippen molar-refractivity contribution in [3.05, 3.63) is 65.3 Å². The average Bonchev–Trinajstić information content (AvgIpc) is 3.02. The maximum atomic E-state index is 11.9. The highest BCUT2D eigenvalue weighted by molar-refractivity contribution is 5.97. The van der Waals surface area contributed by atoms with Crippen molar-refractivity contribution in [1.29, 1.82) is 5.26 Å². The standard InChI is InChI=1S/C17H17N3O2/c1-12-5-6-15(8-13(12)2)19-10-14(9-18)17(21)20-11-16-4-3-7-22-16/h3-8,10,19H,11H2,1-2H3,(H,20,21)/b14-10-. The van der Waals surface area contributed by atoms with E-state index < -0.39 is 5.91 Å². The van der Waals surface area contributed by atoms with E-state index in [1.807, 2.05) is 38.1 Å². The number of carbonyl (C=O) groups is 1. The molecule has 2 N–H and O–H groups in total. The number of rotatable bonds is 5. The Balaban J connectivity index is 1.99. The summed E-state index contributed by atoms with van der Waals surface area (Å²) in [6.45, 7) is 4.28. The second-order valence-electron chi connectivity index (χ2n) is 4.88. The van der Waals surface area contributed by atoms with Crippen LogP contribution in [0.3, 0.4) is 0 Å². The Hall–Kier alpha value is -3.00. The van der Waals surface area contributed by atoms with E-state index in [2.05, 4.69) is 10.6 Å². The van der Waals surface area contributed by atoms with Gasteiger partial charge in [0.1, 0.15) is 17.4 Å². The van der Waals surface area contributed by atoms with Gasteiger partial charge in [0.2, 0.25) is 0 Å². The number of nitrogens with one attached hydrogen (secondary N) is 2. The van der Waals surface area contributed by atoms with Gasteiger partial charge in [-0.05, 0) is 49.2 Å². The zero-order valence-electron chi connectivity index (χ0n) is 12.5. The number of nitriles is 1. The van der Waals surface area contributed by atoms with E-state index in [-0.39, 0.29) is 12.1 Å². The molecule has 5 nitrogen and oxygen atoms in total. The molecule has 0 fully saturated rings. The molecule has 2 aromatic rings. The number of amides is 1. The van der Waals surface area contributed by atoms with Crippen molar-refractivity contribution in [2.45, 2.75) is 20.4 Å². The van der Waals surface area contributed by atoms with E-state index in [1.54, 1.807) is 12.1 Å². The van der Waals surface area contributed by atoms with Gasteiger partial charge in [-0.25, -0.2) is 0 Å². The smallest absolute Gasteiger partial charge is 0.263 e. The first-order valence-corrected chi connectivity index (χ1v) is 6.85. The van der Waals surface area contributed by atoms with Crippen LogP contribution in [0, 0.1) is 25.2 Å². The van der Waals surface area contributed by atoms with Crippen LogP contribution >= 0.6 is 0 Å². The molecule has 0 saturated heterocycles. The number of nitrogens with zero attached hydrogens (tertiary/aromatic N) is 1. The molecule has 0 atom stereocenters. The lowest BCUT2D eigenvalue weighted by Gasteiger charge is -2.06. The van der Waals surface area contributed by atoms with Crippen molar-refractivity contribution in [2.75, 3.05) is 5.32 Å². The minimum atomic E-state index is -0.449. The fourth-order valence-electron chi connectivity index (χ4n) is 1.81. The summed E-state index contributed by atoms with van der Waals surface area (Å²) in [6, 6.07) is 11.2. The molecule has 0 bridgehead atoms. The molecule has 1 heterocycles. The van der Waals surface area contributed by atoms with Crippen molar-refractivity contribution >= 4 is 11.6 Å². The van der Waals surface area contributed by atoms with E-state index in [9.17, 15) is 4.79 Å². The Morgan fingerprint density at radius 2 is 2.14 bits per heavy atom. The largest absolute Gasteiger partial charge is 0.467 e. The average molecular weight is 295 g/mol. The van der Waals surface area contributed by atoms with Crippen molar-refractivity contribution in [3.63, 3.8) is 0 Å². The van der Waals surface area contributed by atoms with Gasteiger partial charge < -0.3 is 15.1 Å². The number of aryl methyl sites for hydroxylation is 2. The summed E-state index contributed by atoms with van der Waals surface area (Å²) in [5.41, 5.74) is 3.16. The highest BCUT2D eigenvalue weighted by Crippen LogP contribution is 2.14. The molecular formula is C17H17N3O2. The lowest BCUT2D eigenvalue weighted by molar-refractivity contribution is -0.117. The Bertz CT molecular complexity index is 725. The Kier molecular flexibility index (Phi) is 4.99. The van der Waals surface area contributed by atoms with Gasteiger partial charge in [0.05, 0.1) is 12.8 Å². The van der Waals surface area contributed by atoms with Crippen molar-refractivity contribution < 1.29 is 9.21 Å². The molecule has 1 aromatic heterocycles. The van der Waals surface area contributed by atoms with Gasteiger partial charge in [0.15, 0.2) is 0 Å². The summed E-state index contributed by atoms with van der Waals surface area (Å²) in [6.07, 6.45) is 2.94. The van der Waals surface area contributed by atoms with Crippen molar-refractivity contribution in [1.82, 2.24) is 5.32 Å². The molecule has 0 unspecified atom stereocenters. The summed E-state index contributed by atoms with van der Waals surface area (Å²) < 4.78 is 5.12.